The molecular formula is C37H46N2O7. The van der Waals surface area contributed by atoms with Crippen molar-refractivity contribution in [2.24, 2.45) is 11.8 Å². The van der Waals surface area contributed by atoms with E-state index in [-0.39, 0.29) is 34.6 Å². The third kappa shape index (κ3) is 3.94. The molecule has 4 bridgehead atoms. The molecule has 5 unspecified atom stereocenters. The maximum Gasteiger partial charge on any atom is 0.166 e. The quantitative estimate of drug-likeness (QED) is 0.519. The van der Waals surface area contributed by atoms with Crippen molar-refractivity contribution in [3.63, 3.8) is 0 Å². The van der Waals surface area contributed by atoms with Crippen molar-refractivity contribution in [2.75, 3.05) is 48.6 Å². The standard InChI is InChI=1S/C19H25NO4.C18H21NO3/c1-20-7-6-19-10-14(21)16(24-3)9-12(19)13(20)8-11-4-5-15(23-2)18(22)17(11)19;1-20-13-5-3-10-9-12-11-4-6-14(21-2)17-18(11,7-8-19-12)15(10)16(13)22-17/h4-5,12-13,16,22H,6-10H2,1-3H3;3,5-6,11-12,17,19H,4,7-9H2,1-2H3/t12?,13?,16?,19-;11?,12?,17-,18-/m11/s1. The molecule has 2 saturated heterocycles. The zero-order valence-electron chi connectivity index (χ0n) is 27.6. The lowest BCUT2D eigenvalue weighted by Gasteiger charge is -2.58. The first-order chi connectivity index (χ1) is 22.3. The number of fused-ring (bicyclic) bond motifs is 1. The van der Waals surface area contributed by atoms with Crippen LogP contribution in [0.25, 0.3) is 0 Å². The Bertz CT molecular complexity index is 1610. The van der Waals surface area contributed by atoms with E-state index in [0.29, 0.717) is 36.1 Å². The van der Waals surface area contributed by atoms with Gasteiger partial charge in [0, 0.05) is 47.6 Å². The second-order valence-electron chi connectivity index (χ2n) is 14.4. The number of phenols is 1. The Morgan fingerprint density at radius 1 is 0.957 bits per heavy atom. The number of ether oxygens (including phenoxy) is 5. The van der Waals surface area contributed by atoms with Gasteiger partial charge in [-0.1, -0.05) is 12.1 Å². The van der Waals surface area contributed by atoms with Gasteiger partial charge in [0.1, 0.15) is 11.9 Å². The van der Waals surface area contributed by atoms with E-state index in [1.807, 2.05) is 12.1 Å². The molecular weight excluding hydrogens is 584 g/mol. The Hall–Kier alpha value is -3.27. The summed E-state index contributed by atoms with van der Waals surface area (Å²) in [6, 6.07) is 9.11. The van der Waals surface area contributed by atoms with Gasteiger partial charge < -0.3 is 39.0 Å². The second-order valence-corrected chi connectivity index (χ2v) is 14.4. The van der Waals surface area contributed by atoms with Crippen LogP contribution in [0, 0.1) is 11.8 Å². The summed E-state index contributed by atoms with van der Waals surface area (Å²) in [5, 5.41) is 14.6. The fourth-order valence-electron chi connectivity index (χ4n) is 10.8. The van der Waals surface area contributed by atoms with Crippen LogP contribution in [-0.2, 0) is 37.9 Å². The SMILES string of the molecule is COC1=CCC2C3Cc4ccc(OC)c5c4[C@]2(CCN3)[C@@H]1O5.COc1ccc2c(c1O)[C@@]13CCN(C)C(C2)C1CC(OC)C(=O)C3. The first kappa shape index (κ1) is 30.1. The third-order valence-electron chi connectivity index (χ3n) is 12.8. The maximum atomic E-state index is 12.7. The Morgan fingerprint density at radius 3 is 2.46 bits per heavy atom. The molecule has 2 aromatic carbocycles. The van der Waals surface area contributed by atoms with E-state index in [2.05, 4.69) is 35.5 Å². The number of likely N-dealkylation sites (N-methyl/N-ethyl adjacent to an activating group) is 1. The van der Waals surface area contributed by atoms with E-state index in [9.17, 15) is 9.90 Å². The van der Waals surface area contributed by atoms with Crippen molar-refractivity contribution in [2.45, 2.75) is 80.1 Å². The van der Waals surface area contributed by atoms with Crippen molar-refractivity contribution in [3.8, 4) is 23.0 Å². The number of nitrogens with zero attached hydrogens (tertiary/aromatic N) is 1. The minimum Gasteiger partial charge on any atom is -0.504 e. The van der Waals surface area contributed by atoms with Gasteiger partial charge in [0.15, 0.2) is 34.9 Å². The summed E-state index contributed by atoms with van der Waals surface area (Å²) in [5.41, 5.74) is 4.72. The van der Waals surface area contributed by atoms with Gasteiger partial charge in [-0.25, -0.2) is 0 Å². The van der Waals surface area contributed by atoms with E-state index in [1.165, 1.54) is 11.1 Å². The summed E-state index contributed by atoms with van der Waals surface area (Å²) in [6.07, 6.45) is 8.17. The molecule has 9 nitrogen and oxygen atoms in total. The Morgan fingerprint density at radius 2 is 1.72 bits per heavy atom. The van der Waals surface area contributed by atoms with Crippen molar-refractivity contribution in [3.05, 3.63) is 58.4 Å². The summed E-state index contributed by atoms with van der Waals surface area (Å²) in [7, 11) is 8.84. The Balaban J connectivity index is 0.000000136. The lowest BCUT2D eigenvalue weighted by molar-refractivity contribution is -0.141. The highest BCUT2D eigenvalue weighted by molar-refractivity contribution is 5.86. The lowest BCUT2D eigenvalue weighted by atomic mass is 9.51. The van der Waals surface area contributed by atoms with Gasteiger partial charge in [0.05, 0.1) is 21.3 Å². The van der Waals surface area contributed by atoms with Gasteiger partial charge in [0.25, 0.3) is 0 Å². The van der Waals surface area contributed by atoms with Gasteiger partial charge in [0.2, 0.25) is 0 Å². The summed E-state index contributed by atoms with van der Waals surface area (Å²) >= 11 is 0. The number of allylic oxidation sites excluding steroid dienone is 1. The van der Waals surface area contributed by atoms with Crippen LogP contribution < -0.4 is 19.5 Å². The Labute approximate surface area is 271 Å². The number of carbonyl (C=O) groups is 1. The number of Topliss-reactive ketones (excluding diaryl/α,β-unsaturated/α-hetero) is 1. The van der Waals surface area contributed by atoms with Crippen LogP contribution in [-0.4, -0.2) is 88.7 Å². The normalized spacial score (nSPS) is 36.1. The van der Waals surface area contributed by atoms with Crippen molar-refractivity contribution >= 4 is 5.78 Å². The molecule has 0 aromatic heterocycles. The molecule has 9 heteroatoms. The number of piperidine rings is 2. The first-order valence-electron chi connectivity index (χ1n) is 16.8. The number of rotatable bonds is 4. The van der Waals surface area contributed by atoms with Crippen LogP contribution in [0.1, 0.15) is 54.4 Å². The average molecular weight is 631 g/mol. The molecule has 3 fully saturated rings. The highest BCUT2D eigenvalue weighted by atomic mass is 16.6. The van der Waals surface area contributed by atoms with E-state index in [0.717, 1.165) is 80.0 Å². The predicted octanol–water partition coefficient (Wildman–Crippen LogP) is 4.06. The molecule has 8 atom stereocenters. The summed E-state index contributed by atoms with van der Waals surface area (Å²) in [6.45, 7) is 2.00. The number of methoxy groups -OCH3 is 4. The lowest BCUT2D eigenvalue weighted by Crippen LogP contribution is -2.63. The number of phenolic OH excluding ortho intramolecular Hbond substituents is 1. The van der Waals surface area contributed by atoms with Gasteiger partial charge >= 0.3 is 0 Å². The zero-order valence-corrected chi connectivity index (χ0v) is 27.6. The zero-order chi connectivity index (χ0) is 32.0. The van der Waals surface area contributed by atoms with Crippen molar-refractivity contribution in [1.82, 2.24) is 10.2 Å². The number of ketones is 1. The van der Waals surface area contributed by atoms with Crippen molar-refractivity contribution < 1.29 is 33.6 Å². The van der Waals surface area contributed by atoms with Gasteiger partial charge in [-0.2, -0.15) is 0 Å². The molecule has 3 aliphatic heterocycles. The average Bonchev–Trinajstić information content (AvgIpc) is 3.40. The minimum absolute atomic E-state index is 0.00574. The third-order valence-corrected chi connectivity index (χ3v) is 12.8. The van der Waals surface area contributed by atoms with Crippen LogP contribution in [0.5, 0.6) is 23.0 Å². The maximum absolute atomic E-state index is 12.7. The summed E-state index contributed by atoms with van der Waals surface area (Å²) in [4.78, 5) is 15.1. The number of nitrogens with one attached hydrogen (secondary N) is 1. The fraction of sp³-hybridized carbons (Fsp3) is 0.595. The topological polar surface area (TPSA) is 98.7 Å². The molecule has 7 aliphatic rings. The van der Waals surface area contributed by atoms with Crippen LogP contribution in [0.15, 0.2) is 36.1 Å². The number of likely N-dealkylation sites (tertiary alicyclic amines) is 1. The number of carbonyl (C=O) groups excluding carboxylic acids is 1. The molecule has 9 rings (SSSR count). The number of hydrogen-bond acceptors (Lipinski definition) is 9. The monoisotopic (exact) mass is 630 g/mol. The Kier molecular flexibility index (Phi) is 7.12. The number of hydrogen-bond donors (Lipinski definition) is 2. The van der Waals surface area contributed by atoms with Gasteiger partial charge in [-0.3, -0.25) is 4.79 Å². The van der Waals surface area contributed by atoms with E-state index in [4.69, 9.17) is 23.7 Å². The predicted molar refractivity (Wildman–Crippen MR) is 172 cm³/mol. The van der Waals surface area contributed by atoms with Gasteiger partial charge in [-0.15, -0.1) is 0 Å². The summed E-state index contributed by atoms with van der Waals surface area (Å²) in [5.74, 6) is 4.60. The molecule has 2 aromatic rings. The number of aromatic hydroxyl groups is 1. The largest absolute Gasteiger partial charge is 0.504 e. The van der Waals surface area contributed by atoms with E-state index >= 15 is 0 Å². The van der Waals surface area contributed by atoms with Crippen LogP contribution >= 0.6 is 0 Å². The second kappa shape index (κ2) is 10.9. The van der Waals surface area contributed by atoms with Crippen LogP contribution in [0.2, 0.25) is 0 Å². The first-order valence-corrected chi connectivity index (χ1v) is 16.8. The minimum atomic E-state index is -0.313. The molecule has 1 spiro atoms. The van der Waals surface area contributed by atoms with Crippen molar-refractivity contribution in [1.29, 1.82) is 0 Å². The molecule has 0 radical (unpaired) electrons. The molecule has 0 amide bonds. The molecule has 46 heavy (non-hydrogen) atoms. The van der Waals surface area contributed by atoms with E-state index in [1.54, 1.807) is 28.4 Å². The summed E-state index contributed by atoms with van der Waals surface area (Å²) < 4.78 is 28.5. The van der Waals surface area contributed by atoms with E-state index < -0.39 is 0 Å². The van der Waals surface area contributed by atoms with Crippen LogP contribution in [0.3, 0.4) is 0 Å². The fourth-order valence-corrected chi connectivity index (χ4v) is 10.8. The molecule has 4 aliphatic carbocycles. The molecule has 1 saturated carbocycles. The molecule has 246 valence electrons. The molecule has 2 N–H and O–H groups in total. The highest BCUT2D eigenvalue weighted by Gasteiger charge is 2.64. The smallest absolute Gasteiger partial charge is 0.166 e. The molecule has 3 heterocycles. The van der Waals surface area contributed by atoms with Gasteiger partial charge in [-0.05, 0) is 99.8 Å². The highest BCUT2D eigenvalue weighted by Crippen LogP contribution is 2.63. The number of benzene rings is 2. The van der Waals surface area contributed by atoms with Crippen LogP contribution in [0.4, 0.5) is 0 Å².